The van der Waals surface area contributed by atoms with Crippen LogP contribution in [0, 0.1) is 6.92 Å². The van der Waals surface area contributed by atoms with Crippen molar-refractivity contribution in [1.29, 1.82) is 0 Å². The first-order valence-corrected chi connectivity index (χ1v) is 10.5. The van der Waals surface area contributed by atoms with E-state index in [2.05, 4.69) is 58.5 Å². The number of rotatable bonds is 5. The van der Waals surface area contributed by atoms with Gasteiger partial charge in [-0.3, -0.25) is 9.69 Å². The first-order valence-electron chi connectivity index (χ1n) is 10.5. The molecule has 0 saturated carbocycles. The fourth-order valence-electron chi connectivity index (χ4n) is 4.17. The minimum Gasteiger partial charge on any atom is -0.369 e. The molecule has 5 nitrogen and oxygen atoms in total. The van der Waals surface area contributed by atoms with Crippen LogP contribution < -0.4 is 15.5 Å². The van der Waals surface area contributed by atoms with Gasteiger partial charge in [-0.1, -0.05) is 19.1 Å². The number of carbonyl (C=O) groups is 1. The highest BCUT2D eigenvalue weighted by Crippen LogP contribution is 2.34. The highest BCUT2D eigenvalue weighted by Gasteiger charge is 2.25. The van der Waals surface area contributed by atoms with Crippen molar-refractivity contribution in [3.05, 3.63) is 59.8 Å². The average molecular weight is 391 g/mol. The molecule has 2 aliphatic heterocycles. The lowest BCUT2D eigenvalue weighted by atomic mass is 10.0. The van der Waals surface area contributed by atoms with Crippen molar-refractivity contribution in [3.8, 4) is 0 Å². The molecule has 29 heavy (non-hydrogen) atoms. The van der Waals surface area contributed by atoms with Crippen molar-refractivity contribution in [1.82, 2.24) is 4.90 Å². The van der Waals surface area contributed by atoms with Crippen molar-refractivity contribution in [2.24, 2.45) is 0 Å². The molecule has 2 aliphatic rings. The van der Waals surface area contributed by atoms with E-state index in [4.69, 9.17) is 0 Å². The van der Waals surface area contributed by atoms with Crippen LogP contribution in [-0.4, -0.2) is 43.0 Å². The molecule has 2 N–H and O–H groups in total. The van der Waals surface area contributed by atoms with Crippen molar-refractivity contribution < 1.29 is 4.79 Å². The third kappa shape index (κ3) is 4.01. The summed E-state index contributed by atoms with van der Waals surface area (Å²) in [6.45, 7) is 11.0. The normalized spacial score (nSPS) is 19.2. The van der Waals surface area contributed by atoms with Crippen molar-refractivity contribution in [2.45, 2.75) is 33.2 Å². The Hall–Kier alpha value is -2.79. The molecule has 5 heteroatoms. The topological polar surface area (TPSA) is 47.6 Å². The number of carbonyl (C=O) groups excluding carboxylic acids is 1. The van der Waals surface area contributed by atoms with E-state index < -0.39 is 0 Å². The maximum Gasteiger partial charge on any atom is 0.257 e. The lowest BCUT2D eigenvalue weighted by Crippen LogP contribution is -2.49. The van der Waals surface area contributed by atoms with Gasteiger partial charge in [0.2, 0.25) is 0 Å². The van der Waals surface area contributed by atoms with Crippen LogP contribution >= 0.6 is 0 Å². The average Bonchev–Trinajstić information content (AvgIpc) is 3.08. The van der Waals surface area contributed by atoms with Gasteiger partial charge in [0.05, 0.1) is 5.57 Å². The molecule has 2 heterocycles. The van der Waals surface area contributed by atoms with Crippen LogP contribution in [-0.2, 0) is 4.79 Å². The van der Waals surface area contributed by atoms with E-state index in [1.165, 1.54) is 12.1 Å². The third-order valence-corrected chi connectivity index (χ3v) is 6.18. The van der Waals surface area contributed by atoms with Crippen LogP contribution in [0.2, 0.25) is 0 Å². The van der Waals surface area contributed by atoms with Gasteiger partial charge in [0.25, 0.3) is 5.91 Å². The molecule has 0 radical (unpaired) electrons. The maximum atomic E-state index is 12.3. The van der Waals surface area contributed by atoms with Gasteiger partial charge in [0.1, 0.15) is 0 Å². The van der Waals surface area contributed by atoms with Gasteiger partial charge in [-0.25, -0.2) is 0 Å². The lowest BCUT2D eigenvalue weighted by Gasteiger charge is -2.39. The Morgan fingerprint density at radius 1 is 1.10 bits per heavy atom. The van der Waals surface area contributed by atoms with Gasteiger partial charge in [-0.05, 0) is 56.2 Å². The SMILES string of the molecule is CCC(C)N1CCN(c2ccc(NC=C3C(=O)Nc4cccc(C)c43)cc2)CC1. The quantitative estimate of drug-likeness (QED) is 0.747. The fourth-order valence-corrected chi connectivity index (χ4v) is 4.17. The number of amides is 1. The zero-order valence-electron chi connectivity index (χ0n) is 17.5. The lowest BCUT2D eigenvalue weighted by molar-refractivity contribution is -0.110. The van der Waals surface area contributed by atoms with Crippen LogP contribution in [0.1, 0.15) is 31.4 Å². The van der Waals surface area contributed by atoms with E-state index >= 15 is 0 Å². The summed E-state index contributed by atoms with van der Waals surface area (Å²) in [6, 6.07) is 15.1. The van der Waals surface area contributed by atoms with Gasteiger partial charge in [-0.15, -0.1) is 0 Å². The van der Waals surface area contributed by atoms with E-state index in [0.717, 1.165) is 48.7 Å². The van der Waals surface area contributed by atoms with E-state index in [0.29, 0.717) is 11.6 Å². The molecule has 1 amide bonds. The Morgan fingerprint density at radius 3 is 2.52 bits per heavy atom. The summed E-state index contributed by atoms with van der Waals surface area (Å²) in [7, 11) is 0. The van der Waals surface area contributed by atoms with Gasteiger partial charge in [0.15, 0.2) is 0 Å². The van der Waals surface area contributed by atoms with Crippen molar-refractivity contribution >= 4 is 28.5 Å². The largest absolute Gasteiger partial charge is 0.369 e. The second-order valence-corrected chi connectivity index (χ2v) is 7.98. The molecule has 152 valence electrons. The summed E-state index contributed by atoms with van der Waals surface area (Å²) in [6.07, 6.45) is 3.02. The first kappa shape index (κ1) is 19.5. The number of piperazine rings is 1. The molecule has 1 fully saturated rings. The number of benzene rings is 2. The molecule has 1 atom stereocenters. The highest BCUT2D eigenvalue weighted by molar-refractivity contribution is 6.32. The summed E-state index contributed by atoms with van der Waals surface area (Å²) in [5.74, 6) is -0.0578. The molecule has 2 aromatic carbocycles. The maximum absolute atomic E-state index is 12.3. The minimum atomic E-state index is -0.0578. The summed E-state index contributed by atoms with van der Waals surface area (Å²) in [5, 5.41) is 6.23. The Kier molecular flexibility index (Phi) is 5.58. The zero-order valence-corrected chi connectivity index (χ0v) is 17.5. The molecule has 0 spiro atoms. The standard InChI is InChI=1S/C24H30N4O/c1-4-18(3)27-12-14-28(15-13-27)20-10-8-19(9-11-20)25-16-21-23-17(2)6-5-7-22(23)26-24(21)29/h5-11,16,18,25H,4,12-15H2,1-3H3,(H,26,29). The zero-order chi connectivity index (χ0) is 20.4. The van der Waals surface area contributed by atoms with Gasteiger partial charge in [-0.2, -0.15) is 0 Å². The predicted octanol–water partition coefficient (Wildman–Crippen LogP) is 4.32. The molecular formula is C24H30N4O. The molecule has 0 bridgehead atoms. The van der Waals surface area contributed by atoms with E-state index in [1.54, 1.807) is 0 Å². The number of hydrogen-bond acceptors (Lipinski definition) is 4. The number of nitrogens with zero attached hydrogens (tertiary/aromatic N) is 2. The Balaban J connectivity index is 1.41. The number of anilines is 3. The molecule has 0 aliphatic carbocycles. The molecular weight excluding hydrogens is 360 g/mol. The molecule has 2 aromatic rings. The summed E-state index contributed by atoms with van der Waals surface area (Å²) in [4.78, 5) is 17.4. The van der Waals surface area contributed by atoms with Crippen LogP contribution in [0.4, 0.5) is 17.1 Å². The van der Waals surface area contributed by atoms with E-state index in [1.807, 2.05) is 31.3 Å². The van der Waals surface area contributed by atoms with E-state index in [9.17, 15) is 4.79 Å². The Bertz CT molecular complexity index is 911. The van der Waals surface area contributed by atoms with Crippen LogP contribution in [0.25, 0.3) is 5.57 Å². The molecule has 1 saturated heterocycles. The first-order chi connectivity index (χ1) is 14.1. The third-order valence-electron chi connectivity index (χ3n) is 6.18. The van der Waals surface area contributed by atoms with Crippen LogP contribution in [0.5, 0.6) is 0 Å². The van der Waals surface area contributed by atoms with Crippen molar-refractivity contribution in [2.75, 3.05) is 41.7 Å². The minimum absolute atomic E-state index is 0.0578. The molecule has 0 aromatic heterocycles. The predicted molar refractivity (Wildman–Crippen MR) is 121 cm³/mol. The fraction of sp³-hybridized carbons (Fsp3) is 0.375. The number of hydrogen-bond donors (Lipinski definition) is 2. The Morgan fingerprint density at radius 2 is 1.83 bits per heavy atom. The van der Waals surface area contributed by atoms with Gasteiger partial charge < -0.3 is 15.5 Å². The van der Waals surface area contributed by atoms with Gasteiger partial charge in [0, 0.05) is 61.0 Å². The molecule has 4 rings (SSSR count). The van der Waals surface area contributed by atoms with Crippen molar-refractivity contribution in [3.63, 3.8) is 0 Å². The number of fused-ring (bicyclic) bond motifs is 1. The van der Waals surface area contributed by atoms with E-state index in [-0.39, 0.29) is 5.91 Å². The summed E-state index contributed by atoms with van der Waals surface area (Å²) >= 11 is 0. The van der Waals surface area contributed by atoms with Crippen LogP contribution in [0.3, 0.4) is 0 Å². The summed E-state index contributed by atoms with van der Waals surface area (Å²) in [5.41, 5.74) is 5.89. The second-order valence-electron chi connectivity index (χ2n) is 7.98. The number of nitrogens with one attached hydrogen (secondary N) is 2. The number of aryl methyl sites for hydroxylation is 1. The summed E-state index contributed by atoms with van der Waals surface area (Å²) < 4.78 is 0. The van der Waals surface area contributed by atoms with Crippen LogP contribution in [0.15, 0.2) is 48.7 Å². The highest BCUT2D eigenvalue weighted by atomic mass is 16.2. The molecule has 1 unspecified atom stereocenters. The Labute approximate surface area is 173 Å². The second kappa shape index (κ2) is 8.29. The monoisotopic (exact) mass is 390 g/mol. The smallest absolute Gasteiger partial charge is 0.257 e. The van der Waals surface area contributed by atoms with Gasteiger partial charge >= 0.3 is 0 Å².